The number of halogens is 1. The first-order valence-electron chi connectivity index (χ1n) is 5.65. The highest BCUT2D eigenvalue weighted by Crippen LogP contribution is 2.30. The number of nitrogens with two attached hydrogens (primary N) is 2. The van der Waals surface area contributed by atoms with E-state index in [0.29, 0.717) is 5.56 Å². The zero-order valence-electron chi connectivity index (χ0n) is 9.94. The molecule has 0 aliphatic carbocycles. The Morgan fingerprint density at radius 2 is 2.26 bits per heavy atom. The van der Waals surface area contributed by atoms with E-state index >= 15 is 0 Å². The summed E-state index contributed by atoms with van der Waals surface area (Å²) in [7, 11) is 0. The van der Waals surface area contributed by atoms with Gasteiger partial charge in [0.1, 0.15) is 18.0 Å². The predicted molar refractivity (Wildman–Crippen MR) is 62.7 cm³/mol. The number of aliphatic hydroxyl groups excluding tert-OH is 2. The fourth-order valence-corrected chi connectivity index (χ4v) is 1.94. The molecule has 0 radical (unpaired) electrons. The van der Waals surface area contributed by atoms with Gasteiger partial charge in [0.05, 0.1) is 6.61 Å². The number of nitrogens with zero attached hydrogens (tertiary/aromatic N) is 2. The van der Waals surface area contributed by atoms with E-state index in [1.807, 2.05) is 0 Å². The molecule has 1 fully saturated rings. The van der Waals surface area contributed by atoms with E-state index < -0.39 is 36.9 Å². The van der Waals surface area contributed by atoms with Crippen molar-refractivity contribution in [3.05, 3.63) is 22.2 Å². The van der Waals surface area contributed by atoms with E-state index in [0.717, 1.165) is 4.57 Å². The minimum absolute atomic E-state index is 0.0226. The second-order valence-electron chi connectivity index (χ2n) is 4.23. The Kier molecular flexibility index (Phi) is 3.80. The maximum atomic E-state index is 13.9. The summed E-state index contributed by atoms with van der Waals surface area (Å²) in [6, 6.07) is 0. The average molecular weight is 274 g/mol. The summed E-state index contributed by atoms with van der Waals surface area (Å²) >= 11 is 0. The van der Waals surface area contributed by atoms with E-state index in [1.54, 1.807) is 0 Å². The predicted octanol–water partition coefficient (Wildman–Crippen LogP) is -2.13. The van der Waals surface area contributed by atoms with Gasteiger partial charge < -0.3 is 26.4 Å². The summed E-state index contributed by atoms with van der Waals surface area (Å²) in [6.07, 6.45) is -4.58. The summed E-state index contributed by atoms with van der Waals surface area (Å²) < 4.78 is 19.9. The van der Waals surface area contributed by atoms with Crippen molar-refractivity contribution in [1.82, 2.24) is 9.55 Å². The molecule has 19 heavy (non-hydrogen) atoms. The van der Waals surface area contributed by atoms with E-state index in [9.17, 15) is 14.3 Å². The van der Waals surface area contributed by atoms with Gasteiger partial charge in [-0.25, -0.2) is 9.18 Å². The van der Waals surface area contributed by atoms with E-state index in [-0.39, 0.29) is 12.4 Å². The number of aliphatic hydroxyl groups is 2. The average Bonchev–Trinajstić information content (AvgIpc) is 2.67. The Bertz CT molecular complexity index is 523. The molecule has 0 unspecified atom stereocenters. The van der Waals surface area contributed by atoms with Crippen molar-refractivity contribution in [2.24, 2.45) is 5.73 Å². The fourth-order valence-electron chi connectivity index (χ4n) is 1.94. The van der Waals surface area contributed by atoms with Crippen molar-refractivity contribution in [2.75, 3.05) is 12.3 Å². The molecular formula is C10H15FN4O4. The van der Waals surface area contributed by atoms with E-state index in [2.05, 4.69) is 4.98 Å². The van der Waals surface area contributed by atoms with Gasteiger partial charge in [0.25, 0.3) is 0 Å². The molecular weight excluding hydrogens is 259 g/mol. The van der Waals surface area contributed by atoms with Crippen molar-refractivity contribution in [2.45, 2.75) is 31.2 Å². The lowest BCUT2D eigenvalue weighted by molar-refractivity contribution is -0.0491. The summed E-state index contributed by atoms with van der Waals surface area (Å²) in [5, 5.41) is 18.5. The smallest absolute Gasteiger partial charge is 0.351 e. The number of nitrogen functional groups attached to an aromatic ring is 1. The molecule has 0 spiro atoms. The van der Waals surface area contributed by atoms with Crippen molar-refractivity contribution in [3.8, 4) is 0 Å². The zero-order valence-corrected chi connectivity index (χ0v) is 9.94. The molecule has 0 saturated carbocycles. The van der Waals surface area contributed by atoms with Crippen LogP contribution in [0.5, 0.6) is 0 Å². The number of anilines is 1. The Hall–Kier alpha value is -1.55. The van der Waals surface area contributed by atoms with Crippen LogP contribution in [-0.2, 0) is 11.3 Å². The summed E-state index contributed by atoms with van der Waals surface area (Å²) in [6.45, 7) is -0.534. The molecule has 1 aliphatic rings. The maximum absolute atomic E-state index is 13.9. The molecule has 4 atom stereocenters. The van der Waals surface area contributed by atoms with Gasteiger partial charge in [-0.15, -0.1) is 0 Å². The third kappa shape index (κ3) is 2.32. The van der Waals surface area contributed by atoms with Crippen LogP contribution >= 0.6 is 0 Å². The van der Waals surface area contributed by atoms with Crippen LogP contribution in [0.2, 0.25) is 0 Å². The van der Waals surface area contributed by atoms with Gasteiger partial charge in [-0.05, 0) is 0 Å². The van der Waals surface area contributed by atoms with Crippen molar-refractivity contribution < 1.29 is 19.3 Å². The van der Waals surface area contributed by atoms with Crippen molar-refractivity contribution >= 4 is 5.82 Å². The van der Waals surface area contributed by atoms with Crippen LogP contribution in [0.15, 0.2) is 11.0 Å². The maximum Gasteiger partial charge on any atom is 0.351 e. The lowest BCUT2D eigenvalue weighted by Crippen LogP contribution is -2.34. The first-order valence-corrected chi connectivity index (χ1v) is 5.65. The highest BCUT2D eigenvalue weighted by Gasteiger charge is 2.45. The van der Waals surface area contributed by atoms with Crippen LogP contribution in [0.1, 0.15) is 11.8 Å². The molecule has 1 aromatic rings. The van der Waals surface area contributed by atoms with Gasteiger partial charge in [0, 0.05) is 18.3 Å². The minimum atomic E-state index is -1.86. The van der Waals surface area contributed by atoms with Crippen LogP contribution < -0.4 is 17.2 Å². The quantitative estimate of drug-likeness (QED) is 0.494. The second-order valence-corrected chi connectivity index (χ2v) is 4.23. The number of rotatable bonds is 3. The number of ether oxygens (including phenoxy) is 1. The minimum Gasteiger partial charge on any atom is -0.394 e. The van der Waals surface area contributed by atoms with Crippen molar-refractivity contribution in [1.29, 1.82) is 0 Å². The van der Waals surface area contributed by atoms with E-state index in [1.165, 1.54) is 6.20 Å². The number of hydrogen-bond donors (Lipinski definition) is 4. The standard InChI is InChI=1S/C10H15FN4O4/c11-6-7(17)5(3-16)19-9(6)15-2-4(1-12)8(13)14-10(15)18/h2,5-7,9,16-17H,1,3,12H2,(H2,13,14,18)/t5-,6+,7-,9-/m1/s1. The Morgan fingerprint density at radius 3 is 2.79 bits per heavy atom. The molecule has 6 N–H and O–H groups in total. The number of aromatic nitrogens is 2. The Labute approximate surface area is 107 Å². The second kappa shape index (κ2) is 5.21. The zero-order chi connectivity index (χ0) is 14.2. The molecule has 9 heteroatoms. The Morgan fingerprint density at radius 1 is 1.58 bits per heavy atom. The largest absolute Gasteiger partial charge is 0.394 e. The lowest BCUT2D eigenvalue weighted by Gasteiger charge is -2.17. The molecule has 1 saturated heterocycles. The van der Waals surface area contributed by atoms with Crippen LogP contribution in [0.4, 0.5) is 10.2 Å². The molecule has 106 valence electrons. The van der Waals surface area contributed by atoms with Crippen LogP contribution in [-0.4, -0.2) is 44.8 Å². The van der Waals surface area contributed by atoms with Crippen molar-refractivity contribution in [3.63, 3.8) is 0 Å². The molecule has 8 nitrogen and oxygen atoms in total. The fraction of sp³-hybridized carbons (Fsp3) is 0.600. The molecule has 0 amide bonds. The topological polar surface area (TPSA) is 137 Å². The first-order chi connectivity index (χ1) is 8.99. The third-order valence-corrected chi connectivity index (χ3v) is 3.03. The van der Waals surface area contributed by atoms with Gasteiger partial charge in [0.15, 0.2) is 12.4 Å². The normalized spacial score (nSPS) is 30.7. The molecule has 2 heterocycles. The SMILES string of the molecule is NCc1cn([C@@H]2O[C@H](CO)[C@@H](O)[C@@H]2F)c(=O)nc1N. The lowest BCUT2D eigenvalue weighted by atomic mass is 10.1. The summed E-state index contributed by atoms with van der Waals surface area (Å²) in [4.78, 5) is 15.2. The Balaban J connectivity index is 2.40. The first kappa shape index (κ1) is 13.9. The van der Waals surface area contributed by atoms with Crippen LogP contribution in [0, 0.1) is 0 Å². The van der Waals surface area contributed by atoms with Gasteiger partial charge in [-0.3, -0.25) is 4.57 Å². The van der Waals surface area contributed by atoms with Crippen LogP contribution in [0.3, 0.4) is 0 Å². The summed E-state index contributed by atoms with van der Waals surface area (Å²) in [5.74, 6) is -0.0311. The van der Waals surface area contributed by atoms with Gasteiger partial charge >= 0.3 is 5.69 Å². The van der Waals surface area contributed by atoms with Gasteiger partial charge in [-0.1, -0.05) is 0 Å². The highest BCUT2D eigenvalue weighted by molar-refractivity contribution is 5.36. The number of hydrogen-bond acceptors (Lipinski definition) is 7. The molecule has 0 aromatic carbocycles. The monoisotopic (exact) mass is 274 g/mol. The van der Waals surface area contributed by atoms with Gasteiger partial charge in [0.2, 0.25) is 0 Å². The molecule has 0 bridgehead atoms. The van der Waals surface area contributed by atoms with Crippen LogP contribution in [0.25, 0.3) is 0 Å². The number of alkyl halides is 1. The van der Waals surface area contributed by atoms with Gasteiger partial charge in [-0.2, -0.15) is 4.98 Å². The summed E-state index contributed by atoms with van der Waals surface area (Å²) in [5.41, 5.74) is 10.5. The van der Waals surface area contributed by atoms with E-state index in [4.69, 9.17) is 21.3 Å². The molecule has 2 rings (SSSR count). The third-order valence-electron chi connectivity index (χ3n) is 3.03. The highest BCUT2D eigenvalue weighted by atomic mass is 19.1. The molecule has 1 aromatic heterocycles. The molecule has 1 aliphatic heterocycles.